The topological polar surface area (TPSA) is 59.0 Å². The Morgan fingerprint density at radius 1 is 1.11 bits per heavy atom. The lowest BCUT2D eigenvalue weighted by molar-refractivity contribution is 0.482. The first-order chi connectivity index (χ1) is 8.69. The highest BCUT2D eigenvalue weighted by Crippen LogP contribution is 2.23. The van der Waals surface area contributed by atoms with Crippen LogP contribution >= 0.6 is 0 Å². The summed E-state index contributed by atoms with van der Waals surface area (Å²) in [6.07, 6.45) is 0. The Morgan fingerprint density at radius 3 is 2.44 bits per heavy atom. The molecule has 0 aliphatic heterocycles. The maximum Gasteiger partial charge on any atom is 0.128 e. The highest BCUT2D eigenvalue weighted by Gasteiger charge is 2.01. The van der Waals surface area contributed by atoms with Gasteiger partial charge in [-0.1, -0.05) is 18.2 Å². The minimum absolute atomic E-state index is 0.0148. The molecule has 3 heteroatoms. The van der Waals surface area contributed by atoms with Gasteiger partial charge in [-0.25, -0.2) is 0 Å². The van der Waals surface area contributed by atoms with E-state index in [0.29, 0.717) is 11.3 Å². The van der Waals surface area contributed by atoms with Gasteiger partial charge in [0.25, 0.3) is 0 Å². The number of nitrogens with zero attached hydrogens (tertiary/aromatic N) is 1. The van der Waals surface area contributed by atoms with E-state index >= 15 is 0 Å². The van der Waals surface area contributed by atoms with Gasteiger partial charge in [-0.15, -0.1) is 0 Å². The fourth-order valence-electron chi connectivity index (χ4n) is 1.60. The molecular formula is C15H14N2O. The monoisotopic (exact) mass is 238 g/mol. The number of ether oxygens (including phenoxy) is 1. The molecule has 1 unspecified atom stereocenters. The van der Waals surface area contributed by atoms with Crippen molar-refractivity contribution < 1.29 is 4.74 Å². The molecule has 0 bridgehead atoms. The summed E-state index contributed by atoms with van der Waals surface area (Å²) in [4.78, 5) is 0. The van der Waals surface area contributed by atoms with Crippen LogP contribution in [0, 0.1) is 11.3 Å². The minimum atomic E-state index is 0.0148. The number of nitrogens with two attached hydrogens (primary N) is 1. The van der Waals surface area contributed by atoms with Crippen molar-refractivity contribution in [3.05, 3.63) is 59.7 Å². The first kappa shape index (κ1) is 12.2. The van der Waals surface area contributed by atoms with Gasteiger partial charge >= 0.3 is 0 Å². The fourth-order valence-corrected chi connectivity index (χ4v) is 1.60. The molecule has 0 fully saturated rings. The van der Waals surface area contributed by atoms with E-state index in [4.69, 9.17) is 15.7 Å². The average Bonchev–Trinajstić information content (AvgIpc) is 2.39. The van der Waals surface area contributed by atoms with E-state index < -0.39 is 0 Å². The Kier molecular flexibility index (Phi) is 3.61. The van der Waals surface area contributed by atoms with Crippen molar-refractivity contribution in [2.45, 2.75) is 13.0 Å². The van der Waals surface area contributed by atoms with Crippen molar-refractivity contribution >= 4 is 0 Å². The number of benzene rings is 2. The third kappa shape index (κ3) is 2.88. The van der Waals surface area contributed by atoms with E-state index in [-0.39, 0.29) is 6.04 Å². The molecule has 3 nitrogen and oxygen atoms in total. The van der Waals surface area contributed by atoms with E-state index in [1.807, 2.05) is 37.3 Å². The summed E-state index contributed by atoms with van der Waals surface area (Å²) in [5.41, 5.74) is 7.42. The van der Waals surface area contributed by atoms with Crippen molar-refractivity contribution in [1.29, 1.82) is 5.26 Å². The first-order valence-electron chi connectivity index (χ1n) is 5.72. The van der Waals surface area contributed by atoms with Crippen molar-refractivity contribution in [2.24, 2.45) is 5.73 Å². The van der Waals surface area contributed by atoms with Crippen LogP contribution in [0.4, 0.5) is 0 Å². The molecule has 0 saturated heterocycles. The van der Waals surface area contributed by atoms with Crippen LogP contribution in [0.5, 0.6) is 11.5 Å². The Bertz CT molecular complexity index is 568. The number of hydrogen-bond acceptors (Lipinski definition) is 3. The van der Waals surface area contributed by atoms with Gasteiger partial charge in [0, 0.05) is 6.04 Å². The van der Waals surface area contributed by atoms with Gasteiger partial charge < -0.3 is 10.5 Å². The molecule has 18 heavy (non-hydrogen) atoms. The van der Waals surface area contributed by atoms with Crippen molar-refractivity contribution in [2.75, 3.05) is 0 Å². The normalized spacial score (nSPS) is 11.6. The molecule has 1 atom stereocenters. The molecule has 2 aromatic carbocycles. The number of hydrogen-bond donors (Lipinski definition) is 1. The van der Waals surface area contributed by atoms with Gasteiger partial charge in [0.15, 0.2) is 0 Å². The van der Waals surface area contributed by atoms with Crippen LogP contribution in [0.25, 0.3) is 0 Å². The van der Waals surface area contributed by atoms with Gasteiger partial charge in [-0.05, 0) is 42.8 Å². The fraction of sp³-hybridized carbons (Fsp3) is 0.133. The second kappa shape index (κ2) is 5.35. The molecular weight excluding hydrogens is 224 g/mol. The second-order valence-electron chi connectivity index (χ2n) is 4.10. The molecule has 2 aromatic rings. The van der Waals surface area contributed by atoms with E-state index in [1.165, 1.54) is 0 Å². The lowest BCUT2D eigenvalue weighted by Crippen LogP contribution is -2.04. The van der Waals surface area contributed by atoms with Crippen LogP contribution in [-0.2, 0) is 0 Å². The maximum atomic E-state index is 8.81. The Balaban J connectivity index is 2.16. The molecule has 0 radical (unpaired) electrons. The van der Waals surface area contributed by atoms with Crippen molar-refractivity contribution in [3.63, 3.8) is 0 Å². The minimum Gasteiger partial charge on any atom is -0.457 e. The van der Waals surface area contributed by atoms with Gasteiger partial charge in [0.1, 0.15) is 11.5 Å². The molecule has 0 aliphatic rings. The van der Waals surface area contributed by atoms with Crippen LogP contribution < -0.4 is 10.5 Å². The van der Waals surface area contributed by atoms with Gasteiger partial charge in [0.2, 0.25) is 0 Å². The summed E-state index contributed by atoms with van der Waals surface area (Å²) < 4.78 is 5.66. The van der Waals surface area contributed by atoms with Crippen LogP contribution in [0.3, 0.4) is 0 Å². The highest BCUT2D eigenvalue weighted by molar-refractivity contribution is 5.39. The lowest BCUT2D eigenvalue weighted by Gasteiger charge is -2.08. The van der Waals surface area contributed by atoms with Gasteiger partial charge in [-0.2, -0.15) is 5.26 Å². The zero-order valence-corrected chi connectivity index (χ0v) is 10.1. The van der Waals surface area contributed by atoms with E-state index in [1.54, 1.807) is 18.2 Å². The molecule has 0 heterocycles. The Labute approximate surface area is 106 Å². The first-order valence-corrected chi connectivity index (χ1v) is 5.72. The maximum absolute atomic E-state index is 8.81. The summed E-state index contributed by atoms with van der Waals surface area (Å²) in [7, 11) is 0. The smallest absolute Gasteiger partial charge is 0.128 e. The Hall–Kier alpha value is -2.31. The summed E-state index contributed by atoms with van der Waals surface area (Å²) in [5, 5.41) is 8.81. The summed E-state index contributed by atoms with van der Waals surface area (Å²) >= 11 is 0. The predicted molar refractivity (Wildman–Crippen MR) is 70.3 cm³/mol. The lowest BCUT2D eigenvalue weighted by atomic mass is 10.1. The van der Waals surface area contributed by atoms with Crippen LogP contribution in [0.1, 0.15) is 24.1 Å². The average molecular weight is 238 g/mol. The van der Waals surface area contributed by atoms with Crippen LogP contribution in [0.2, 0.25) is 0 Å². The van der Waals surface area contributed by atoms with Crippen LogP contribution in [0.15, 0.2) is 48.5 Å². The summed E-state index contributed by atoms with van der Waals surface area (Å²) in [5.74, 6) is 1.39. The molecule has 0 saturated carbocycles. The molecule has 90 valence electrons. The number of rotatable bonds is 3. The summed E-state index contributed by atoms with van der Waals surface area (Å²) in [6.45, 7) is 1.94. The van der Waals surface area contributed by atoms with Gasteiger partial charge in [0.05, 0.1) is 11.6 Å². The summed E-state index contributed by atoms with van der Waals surface area (Å²) in [6, 6.07) is 16.8. The molecule has 2 rings (SSSR count). The third-order valence-electron chi connectivity index (χ3n) is 2.60. The standard InChI is InChI=1S/C15H14N2O/c1-11(17)13-5-7-14(8-6-13)18-15-4-2-3-12(9-15)10-16/h2-9,11H,17H2,1H3. The van der Waals surface area contributed by atoms with E-state index in [2.05, 4.69) is 6.07 Å². The zero-order chi connectivity index (χ0) is 13.0. The van der Waals surface area contributed by atoms with Crippen LogP contribution in [-0.4, -0.2) is 0 Å². The quantitative estimate of drug-likeness (QED) is 0.891. The third-order valence-corrected chi connectivity index (χ3v) is 2.60. The molecule has 0 spiro atoms. The molecule has 0 aromatic heterocycles. The zero-order valence-electron chi connectivity index (χ0n) is 10.1. The largest absolute Gasteiger partial charge is 0.457 e. The number of nitriles is 1. The van der Waals surface area contributed by atoms with Crippen molar-refractivity contribution in [3.8, 4) is 17.6 Å². The van der Waals surface area contributed by atoms with E-state index in [9.17, 15) is 0 Å². The van der Waals surface area contributed by atoms with Crippen molar-refractivity contribution in [1.82, 2.24) is 0 Å². The SMILES string of the molecule is CC(N)c1ccc(Oc2cccc(C#N)c2)cc1. The molecule has 0 amide bonds. The molecule has 0 aliphatic carbocycles. The highest BCUT2D eigenvalue weighted by atomic mass is 16.5. The second-order valence-corrected chi connectivity index (χ2v) is 4.10. The van der Waals surface area contributed by atoms with Gasteiger partial charge in [-0.3, -0.25) is 0 Å². The molecule has 2 N–H and O–H groups in total. The van der Waals surface area contributed by atoms with E-state index in [0.717, 1.165) is 11.3 Å². The Morgan fingerprint density at radius 2 is 1.83 bits per heavy atom. The predicted octanol–water partition coefficient (Wildman–Crippen LogP) is 3.37.